The topological polar surface area (TPSA) is 118 Å². The predicted molar refractivity (Wildman–Crippen MR) is 112 cm³/mol. The van der Waals surface area contributed by atoms with Crippen molar-refractivity contribution >= 4 is 38.4 Å². The number of aromatic nitrogens is 5. The van der Waals surface area contributed by atoms with E-state index in [1.54, 1.807) is 0 Å². The van der Waals surface area contributed by atoms with Crippen molar-refractivity contribution in [2.45, 2.75) is 31.9 Å². The Hall–Kier alpha value is -3.07. The van der Waals surface area contributed by atoms with E-state index in [4.69, 9.17) is 0 Å². The van der Waals surface area contributed by atoms with Gasteiger partial charge in [0.05, 0.1) is 24.3 Å². The molecule has 178 valence electrons. The molecule has 0 bridgehead atoms. The molecule has 10 nitrogen and oxygen atoms in total. The Morgan fingerprint density at radius 2 is 1.85 bits per heavy atom. The van der Waals surface area contributed by atoms with Crippen LogP contribution in [0.4, 0.5) is 35.0 Å². The number of piperidine rings is 1. The molecule has 1 aliphatic rings. The molecule has 0 spiro atoms. The molecule has 15 heteroatoms. The van der Waals surface area contributed by atoms with Crippen LogP contribution in [0.3, 0.4) is 0 Å². The van der Waals surface area contributed by atoms with Crippen molar-refractivity contribution in [3.05, 3.63) is 30.4 Å². The quantitative estimate of drug-likeness (QED) is 0.487. The Labute approximate surface area is 186 Å². The van der Waals surface area contributed by atoms with Crippen molar-refractivity contribution in [3.8, 4) is 0 Å². The molecular formula is C18H20F4N8O2S. The second-order valence-corrected chi connectivity index (χ2v) is 9.50. The number of rotatable bonds is 7. The second-order valence-electron chi connectivity index (χ2n) is 7.52. The first-order chi connectivity index (χ1) is 15.6. The molecule has 0 atom stereocenters. The monoisotopic (exact) mass is 488 g/mol. The Balaban J connectivity index is 1.60. The SMILES string of the molecule is CS(=O)(=O)N1CCC(Nc2ncc3cc(C(F)F)nc(Nc4cnn(C(F)F)c4)c3n2)CC1. The van der Waals surface area contributed by atoms with Crippen LogP contribution in [0.1, 0.15) is 31.5 Å². The first-order valence-electron chi connectivity index (χ1n) is 9.87. The van der Waals surface area contributed by atoms with Crippen molar-refractivity contribution in [3.63, 3.8) is 0 Å². The Morgan fingerprint density at radius 3 is 2.45 bits per heavy atom. The van der Waals surface area contributed by atoms with Crippen LogP contribution < -0.4 is 10.6 Å². The molecule has 2 N–H and O–H groups in total. The smallest absolute Gasteiger partial charge is 0.333 e. The van der Waals surface area contributed by atoms with E-state index in [0.717, 1.165) is 24.7 Å². The van der Waals surface area contributed by atoms with Gasteiger partial charge < -0.3 is 10.6 Å². The molecule has 1 aliphatic heterocycles. The molecule has 4 rings (SSSR count). The molecule has 3 aromatic rings. The number of hydrogen-bond donors (Lipinski definition) is 2. The maximum Gasteiger partial charge on any atom is 0.333 e. The van der Waals surface area contributed by atoms with Gasteiger partial charge in [-0.3, -0.25) is 0 Å². The molecule has 0 aromatic carbocycles. The van der Waals surface area contributed by atoms with Gasteiger partial charge in [0.2, 0.25) is 16.0 Å². The molecule has 1 saturated heterocycles. The summed E-state index contributed by atoms with van der Waals surface area (Å²) < 4.78 is 77.4. The molecule has 33 heavy (non-hydrogen) atoms. The van der Waals surface area contributed by atoms with Gasteiger partial charge in [-0.1, -0.05) is 0 Å². The minimum atomic E-state index is -3.26. The van der Waals surface area contributed by atoms with Crippen molar-refractivity contribution in [1.29, 1.82) is 0 Å². The van der Waals surface area contributed by atoms with E-state index < -0.39 is 28.7 Å². The summed E-state index contributed by atoms with van der Waals surface area (Å²) in [7, 11) is -3.26. The third-order valence-corrected chi connectivity index (χ3v) is 6.43. The molecule has 0 amide bonds. The van der Waals surface area contributed by atoms with Gasteiger partial charge in [0.1, 0.15) is 11.2 Å². The first kappa shape index (κ1) is 23.1. The fourth-order valence-electron chi connectivity index (χ4n) is 3.49. The van der Waals surface area contributed by atoms with Gasteiger partial charge in [-0.05, 0) is 18.9 Å². The zero-order chi connectivity index (χ0) is 23.8. The average molecular weight is 488 g/mol. The van der Waals surface area contributed by atoms with Gasteiger partial charge in [-0.25, -0.2) is 41.1 Å². The number of nitrogens with zero attached hydrogens (tertiary/aromatic N) is 6. The third-order valence-electron chi connectivity index (χ3n) is 5.13. The van der Waals surface area contributed by atoms with Crippen molar-refractivity contribution in [2.75, 3.05) is 30.0 Å². The normalized spacial score (nSPS) is 16.1. The van der Waals surface area contributed by atoms with Crippen LogP contribution >= 0.6 is 0 Å². The number of pyridine rings is 1. The minimum absolute atomic E-state index is 0.0611. The highest BCUT2D eigenvalue weighted by molar-refractivity contribution is 7.88. The van der Waals surface area contributed by atoms with Gasteiger partial charge in [0.25, 0.3) is 6.43 Å². The van der Waals surface area contributed by atoms with E-state index in [0.29, 0.717) is 30.6 Å². The molecular weight excluding hydrogens is 468 g/mol. The highest BCUT2D eigenvalue weighted by atomic mass is 32.2. The standard InChI is InChI=1S/C18H20F4N8O2S/c1-33(31,32)29-4-2-11(3-5-29)26-18-23-7-10-6-13(15(19)20)27-16(14(10)28-18)25-12-8-24-30(9-12)17(21)22/h6-9,11,15,17H,2-5H2,1H3,(H,25,27)(H,23,26,28). The summed E-state index contributed by atoms with van der Waals surface area (Å²) >= 11 is 0. The lowest BCUT2D eigenvalue weighted by atomic mass is 10.1. The summed E-state index contributed by atoms with van der Waals surface area (Å²) in [5.74, 6) is 0.146. The van der Waals surface area contributed by atoms with Gasteiger partial charge in [-0.15, -0.1) is 0 Å². The van der Waals surface area contributed by atoms with Crippen LogP contribution in [0.2, 0.25) is 0 Å². The zero-order valence-electron chi connectivity index (χ0n) is 17.3. The average Bonchev–Trinajstić information content (AvgIpc) is 3.22. The highest BCUT2D eigenvalue weighted by Gasteiger charge is 2.25. The van der Waals surface area contributed by atoms with Crippen LogP contribution in [-0.2, 0) is 10.0 Å². The number of anilines is 3. The number of alkyl halides is 4. The summed E-state index contributed by atoms with van der Waals surface area (Å²) in [5.41, 5.74) is -0.198. The molecule has 0 saturated carbocycles. The number of hydrogen-bond acceptors (Lipinski definition) is 8. The van der Waals surface area contributed by atoms with E-state index in [9.17, 15) is 26.0 Å². The molecule has 0 unspecified atom stereocenters. The van der Waals surface area contributed by atoms with Crippen molar-refractivity contribution in [1.82, 2.24) is 29.0 Å². The van der Waals surface area contributed by atoms with Crippen LogP contribution in [0.25, 0.3) is 10.9 Å². The third kappa shape index (κ3) is 5.30. The lowest BCUT2D eigenvalue weighted by Gasteiger charge is -2.30. The summed E-state index contributed by atoms with van der Waals surface area (Å²) in [6, 6.07) is 1.07. The van der Waals surface area contributed by atoms with E-state index in [-0.39, 0.29) is 34.4 Å². The summed E-state index contributed by atoms with van der Waals surface area (Å²) in [6.07, 6.45) is 2.86. The summed E-state index contributed by atoms with van der Waals surface area (Å²) in [4.78, 5) is 12.4. The van der Waals surface area contributed by atoms with Crippen molar-refractivity contribution in [2.24, 2.45) is 0 Å². The lowest BCUT2D eigenvalue weighted by molar-refractivity contribution is 0.0566. The molecule has 0 radical (unpaired) electrons. The number of halogens is 4. The second kappa shape index (κ2) is 9.05. The molecule has 4 heterocycles. The number of fused-ring (bicyclic) bond motifs is 1. The van der Waals surface area contributed by atoms with Crippen LogP contribution in [0.15, 0.2) is 24.7 Å². The predicted octanol–water partition coefficient (Wildman–Crippen LogP) is 3.13. The van der Waals surface area contributed by atoms with E-state index in [1.807, 2.05) is 0 Å². The zero-order valence-corrected chi connectivity index (χ0v) is 18.1. The first-order valence-corrected chi connectivity index (χ1v) is 11.7. The maximum atomic E-state index is 13.3. The molecule has 1 fully saturated rings. The largest absolute Gasteiger partial charge is 0.351 e. The van der Waals surface area contributed by atoms with E-state index in [1.165, 1.54) is 10.5 Å². The fourth-order valence-corrected chi connectivity index (χ4v) is 4.36. The van der Waals surface area contributed by atoms with Gasteiger partial charge in [0.15, 0.2) is 5.82 Å². The minimum Gasteiger partial charge on any atom is -0.351 e. The summed E-state index contributed by atoms with van der Waals surface area (Å²) in [5, 5.41) is 9.63. The Morgan fingerprint density at radius 1 is 1.12 bits per heavy atom. The van der Waals surface area contributed by atoms with Crippen LogP contribution in [0, 0.1) is 0 Å². The van der Waals surface area contributed by atoms with Crippen LogP contribution in [-0.4, -0.2) is 62.8 Å². The fraction of sp³-hybridized carbons (Fsp3) is 0.444. The molecule has 0 aliphatic carbocycles. The molecule has 3 aromatic heterocycles. The van der Waals surface area contributed by atoms with Gasteiger partial charge in [-0.2, -0.15) is 13.9 Å². The van der Waals surface area contributed by atoms with Crippen LogP contribution in [0.5, 0.6) is 0 Å². The number of sulfonamides is 1. The Bertz CT molecular complexity index is 1250. The van der Waals surface area contributed by atoms with E-state index >= 15 is 0 Å². The maximum absolute atomic E-state index is 13.3. The van der Waals surface area contributed by atoms with Gasteiger partial charge in [0, 0.05) is 30.7 Å². The Kier molecular flexibility index (Phi) is 6.34. The van der Waals surface area contributed by atoms with E-state index in [2.05, 4.69) is 30.7 Å². The highest BCUT2D eigenvalue weighted by Crippen LogP contribution is 2.29. The summed E-state index contributed by atoms with van der Waals surface area (Å²) in [6.45, 7) is -2.15. The van der Waals surface area contributed by atoms with Gasteiger partial charge >= 0.3 is 6.55 Å². The number of nitrogens with one attached hydrogen (secondary N) is 2. The van der Waals surface area contributed by atoms with Crippen molar-refractivity contribution < 1.29 is 26.0 Å². The lowest BCUT2D eigenvalue weighted by Crippen LogP contribution is -2.42.